The smallest absolute Gasteiger partial charge is 0.309 e. The Balaban J connectivity index is 2.92. The fourth-order valence-electron chi connectivity index (χ4n) is 0.768. The summed E-state index contributed by atoms with van der Waals surface area (Å²) in [5, 5.41) is 8.69. The summed E-state index contributed by atoms with van der Waals surface area (Å²) in [6, 6.07) is 0. The van der Waals surface area contributed by atoms with E-state index in [0.717, 1.165) is 0 Å². The number of nitrogens with zero attached hydrogens (tertiary/aromatic N) is 2. The van der Waals surface area contributed by atoms with Crippen LogP contribution in [-0.2, 0) is 18.3 Å². The molecule has 0 aliphatic carbocycles. The van der Waals surface area contributed by atoms with Gasteiger partial charge in [0.2, 0.25) is 0 Å². The second kappa shape index (κ2) is 2.92. The Bertz CT molecular complexity index is 263. The minimum atomic E-state index is -0.907. The van der Waals surface area contributed by atoms with Crippen LogP contribution in [0.4, 0.5) is 0 Å². The molecule has 60 valence electrons. The number of aromatic nitrogens is 2. The Labute approximate surface area is 68.4 Å². The van der Waals surface area contributed by atoms with Crippen molar-refractivity contribution in [1.29, 1.82) is 0 Å². The molecule has 0 radical (unpaired) electrons. The van der Waals surface area contributed by atoms with Gasteiger partial charge in [-0.15, -0.1) is 0 Å². The highest BCUT2D eigenvalue weighted by Gasteiger charge is 2.09. The lowest BCUT2D eigenvalue weighted by Gasteiger charge is -1.97. The van der Waals surface area contributed by atoms with E-state index in [0.29, 0.717) is 5.69 Å². The normalized spacial score (nSPS) is 10.0. The van der Waals surface area contributed by atoms with Gasteiger partial charge in [-0.3, -0.25) is 4.79 Å². The number of imidazole rings is 1. The van der Waals surface area contributed by atoms with Crippen molar-refractivity contribution in [1.82, 2.24) is 9.55 Å². The number of hydrogen-bond acceptors (Lipinski definition) is 2. The van der Waals surface area contributed by atoms with Gasteiger partial charge in [0.05, 0.1) is 18.4 Å². The van der Waals surface area contributed by atoms with E-state index in [-0.39, 0.29) is 11.6 Å². The molecule has 0 saturated carbocycles. The number of halogens is 1. The van der Waals surface area contributed by atoms with E-state index in [2.05, 4.69) is 4.98 Å². The Morgan fingerprint density at radius 3 is 2.91 bits per heavy atom. The fraction of sp³-hybridized carbons (Fsp3) is 0.333. The van der Waals surface area contributed by atoms with E-state index < -0.39 is 5.97 Å². The van der Waals surface area contributed by atoms with Gasteiger partial charge in [0.25, 0.3) is 0 Å². The minimum Gasteiger partial charge on any atom is -0.481 e. The number of aryl methyl sites for hydroxylation is 1. The predicted octanol–water partition coefficient (Wildman–Crippen LogP) is 0.701. The lowest BCUT2D eigenvalue weighted by molar-refractivity contribution is -0.136. The van der Waals surface area contributed by atoms with Gasteiger partial charge in [0.1, 0.15) is 0 Å². The molecule has 1 aromatic rings. The lowest BCUT2D eigenvalue weighted by Crippen LogP contribution is -2.04. The maximum atomic E-state index is 10.3. The van der Waals surface area contributed by atoms with Gasteiger partial charge in [-0.05, 0) is 0 Å². The Morgan fingerprint density at radius 1 is 1.91 bits per heavy atom. The SMILES string of the molecule is Cn1cnc(Cl)c1CC(=O)O. The van der Waals surface area contributed by atoms with Gasteiger partial charge in [0, 0.05) is 7.05 Å². The summed E-state index contributed by atoms with van der Waals surface area (Å²) < 4.78 is 1.59. The molecule has 1 rings (SSSR count). The van der Waals surface area contributed by atoms with Crippen molar-refractivity contribution < 1.29 is 9.90 Å². The molecule has 0 amide bonds. The van der Waals surface area contributed by atoms with Gasteiger partial charge < -0.3 is 9.67 Å². The molecule has 1 aromatic heterocycles. The number of carbonyl (C=O) groups is 1. The first kappa shape index (κ1) is 8.07. The zero-order valence-corrected chi connectivity index (χ0v) is 6.67. The van der Waals surface area contributed by atoms with E-state index in [1.165, 1.54) is 6.33 Å². The third-order valence-electron chi connectivity index (χ3n) is 1.33. The fourth-order valence-corrected chi connectivity index (χ4v) is 1.01. The maximum Gasteiger partial charge on any atom is 0.309 e. The van der Waals surface area contributed by atoms with Crippen LogP contribution >= 0.6 is 11.6 Å². The molecule has 0 aliphatic heterocycles. The van der Waals surface area contributed by atoms with E-state index in [4.69, 9.17) is 16.7 Å². The van der Waals surface area contributed by atoms with Crippen molar-refractivity contribution in [2.45, 2.75) is 6.42 Å². The van der Waals surface area contributed by atoms with Crippen LogP contribution in [0.15, 0.2) is 6.33 Å². The van der Waals surface area contributed by atoms with Crippen molar-refractivity contribution >= 4 is 17.6 Å². The van der Waals surface area contributed by atoms with Crippen LogP contribution in [0.3, 0.4) is 0 Å². The van der Waals surface area contributed by atoms with Gasteiger partial charge in [-0.25, -0.2) is 4.98 Å². The molecular formula is C6H7ClN2O2. The molecule has 0 aromatic carbocycles. The summed E-state index contributed by atoms with van der Waals surface area (Å²) in [6.07, 6.45) is 1.40. The molecule has 0 atom stereocenters. The molecule has 1 heterocycles. The molecule has 0 fully saturated rings. The minimum absolute atomic E-state index is 0.0880. The topological polar surface area (TPSA) is 55.1 Å². The van der Waals surface area contributed by atoms with Crippen LogP contribution in [0.5, 0.6) is 0 Å². The largest absolute Gasteiger partial charge is 0.481 e. The van der Waals surface area contributed by atoms with E-state index in [9.17, 15) is 4.79 Å². The number of carboxylic acid groups (broad SMARTS) is 1. The van der Waals surface area contributed by atoms with Crippen molar-refractivity contribution in [3.8, 4) is 0 Å². The summed E-state index contributed by atoms with van der Waals surface area (Å²) >= 11 is 5.59. The summed E-state index contributed by atoms with van der Waals surface area (Å²) in [7, 11) is 1.71. The van der Waals surface area contributed by atoms with Crippen LogP contribution in [-0.4, -0.2) is 20.6 Å². The molecule has 0 saturated heterocycles. The number of rotatable bonds is 2. The quantitative estimate of drug-likeness (QED) is 0.718. The first-order valence-electron chi connectivity index (χ1n) is 2.98. The summed E-state index contributed by atoms with van der Waals surface area (Å²) in [5.41, 5.74) is 0.527. The third kappa shape index (κ3) is 1.71. The Hall–Kier alpha value is -1.03. The van der Waals surface area contributed by atoms with Crippen molar-refractivity contribution in [3.63, 3.8) is 0 Å². The van der Waals surface area contributed by atoms with Crippen molar-refractivity contribution in [2.24, 2.45) is 7.05 Å². The summed E-state index contributed by atoms with van der Waals surface area (Å²) in [4.78, 5) is 14.0. The van der Waals surface area contributed by atoms with Crippen LogP contribution < -0.4 is 0 Å². The summed E-state index contributed by atoms with van der Waals surface area (Å²) in [6.45, 7) is 0. The molecule has 0 aliphatic rings. The Kier molecular flexibility index (Phi) is 2.14. The molecule has 1 N–H and O–H groups in total. The van der Waals surface area contributed by atoms with Gasteiger partial charge in [0.15, 0.2) is 5.15 Å². The van der Waals surface area contributed by atoms with Gasteiger partial charge >= 0.3 is 5.97 Å². The monoisotopic (exact) mass is 174 g/mol. The Morgan fingerprint density at radius 2 is 2.55 bits per heavy atom. The molecule has 0 spiro atoms. The second-order valence-electron chi connectivity index (χ2n) is 2.16. The van der Waals surface area contributed by atoms with Gasteiger partial charge in [-0.2, -0.15) is 0 Å². The highest BCUT2D eigenvalue weighted by atomic mass is 35.5. The van der Waals surface area contributed by atoms with E-state index >= 15 is 0 Å². The third-order valence-corrected chi connectivity index (χ3v) is 1.64. The average Bonchev–Trinajstić information content (AvgIpc) is 2.18. The highest BCUT2D eigenvalue weighted by Crippen LogP contribution is 2.12. The van der Waals surface area contributed by atoms with Crippen molar-refractivity contribution in [3.05, 3.63) is 17.2 Å². The van der Waals surface area contributed by atoms with Crippen LogP contribution in [0.25, 0.3) is 0 Å². The van der Waals surface area contributed by atoms with E-state index in [1.807, 2.05) is 0 Å². The van der Waals surface area contributed by atoms with Crippen LogP contribution in [0, 0.1) is 0 Å². The molecule has 0 bridgehead atoms. The average molecular weight is 175 g/mol. The number of carboxylic acids is 1. The van der Waals surface area contributed by atoms with Gasteiger partial charge in [-0.1, -0.05) is 11.6 Å². The molecular weight excluding hydrogens is 168 g/mol. The van der Waals surface area contributed by atoms with E-state index in [1.54, 1.807) is 11.6 Å². The zero-order valence-electron chi connectivity index (χ0n) is 5.91. The molecule has 5 heteroatoms. The van der Waals surface area contributed by atoms with Crippen molar-refractivity contribution in [2.75, 3.05) is 0 Å². The number of aliphatic carboxylic acids is 1. The highest BCUT2D eigenvalue weighted by molar-refractivity contribution is 6.30. The maximum absolute atomic E-state index is 10.3. The molecule has 4 nitrogen and oxygen atoms in total. The van der Waals surface area contributed by atoms with Crippen LogP contribution in [0.2, 0.25) is 5.15 Å². The summed E-state index contributed by atoms with van der Waals surface area (Å²) in [5.74, 6) is -0.907. The first-order valence-corrected chi connectivity index (χ1v) is 3.36. The predicted molar refractivity (Wildman–Crippen MR) is 39.6 cm³/mol. The lowest BCUT2D eigenvalue weighted by atomic mass is 10.3. The zero-order chi connectivity index (χ0) is 8.43. The standard InChI is InChI=1S/C6H7ClN2O2/c1-9-3-8-6(7)4(9)2-5(10)11/h3H,2H2,1H3,(H,10,11). The molecule has 11 heavy (non-hydrogen) atoms. The number of hydrogen-bond donors (Lipinski definition) is 1. The van der Waals surface area contributed by atoms with Crippen LogP contribution in [0.1, 0.15) is 5.69 Å². The second-order valence-corrected chi connectivity index (χ2v) is 2.52. The molecule has 0 unspecified atom stereocenters. The first-order chi connectivity index (χ1) is 5.11.